The van der Waals surface area contributed by atoms with Crippen molar-refractivity contribution in [1.82, 2.24) is 14.6 Å². The van der Waals surface area contributed by atoms with E-state index < -0.39 is 10.0 Å². The Bertz CT molecular complexity index is 521. The first-order valence-corrected chi connectivity index (χ1v) is 8.05. The molecule has 0 amide bonds. The minimum Gasteiger partial charge on any atom is -0.316 e. The number of hydrogen-bond acceptors (Lipinski definition) is 4. The summed E-state index contributed by atoms with van der Waals surface area (Å²) in [6.45, 7) is 1.10. The lowest BCUT2D eigenvalue weighted by atomic mass is 10.1. The highest BCUT2D eigenvalue weighted by Gasteiger charge is 2.29. The lowest BCUT2D eigenvalue weighted by Crippen LogP contribution is -2.46. The topological polar surface area (TPSA) is 62.3 Å². The van der Waals surface area contributed by atoms with Crippen LogP contribution in [0.1, 0.15) is 12.8 Å². The molecule has 0 saturated carbocycles. The van der Waals surface area contributed by atoms with Crippen molar-refractivity contribution in [2.75, 3.05) is 20.1 Å². The van der Waals surface area contributed by atoms with Gasteiger partial charge in [-0.05, 0) is 41.9 Å². The van der Waals surface area contributed by atoms with Crippen molar-refractivity contribution in [2.45, 2.75) is 23.8 Å². The molecule has 0 bridgehead atoms. The molecule has 1 atom stereocenters. The molecule has 2 heterocycles. The summed E-state index contributed by atoms with van der Waals surface area (Å²) in [6.07, 6.45) is 4.86. The van der Waals surface area contributed by atoms with Gasteiger partial charge in [-0.15, -0.1) is 0 Å². The van der Waals surface area contributed by atoms with E-state index in [2.05, 4.69) is 26.2 Å². The number of hydrogen-bond donors (Lipinski definition) is 1. The Balaban J connectivity index is 2.25. The molecule has 100 valence electrons. The van der Waals surface area contributed by atoms with E-state index in [9.17, 15) is 8.42 Å². The van der Waals surface area contributed by atoms with Crippen molar-refractivity contribution >= 4 is 26.0 Å². The number of aromatic nitrogens is 1. The predicted molar refractivity (Wildman–Crippen MR) is 72.8 cm³/mol. The van der Waals surface area contributed by atoms with Gasteiger partial charge in [0.15, 0.2) is 0 Å². The number of nitrogens with zero attached hydrogens (tertiary/aromatic N) is 2. The standard InChI is InChI=1S/C11H16BrN3O2S/c1-13-10-3-2-4-15(8-10)18(16,17)11-5-9(12)6-14-7-11/h5-7,10,13H,2-4,8H2,1H3. The number of nitrogens with one attached hydrogen (secondary N) is 1. The molecule has 1 unspecified atom stereocenters. The predicted octanol–water partition coefficient (Wildman–Crippen LogP) is 1.22. The zero-order valence-corrected chi connectivity index (χ0v) is 12.5. The summed E-state index contributed by atoms with van der Waals surface area (Å²) in [5, 5.41) is 3.14. The Morgan fingerprint density at radius 1 is 1.50 bits per heavy atom. The molecule has 0 aromatic carbocycles. The highest BCUT2D eigenvalue weighted by atomic mass is 79.9. The van der Waals surface area contributed by atoms with Gasteiger partial charge in [0.05, 0.1) is 0 Å². The summed E-state index contributed by atoms with van der Waals surface area (Å²) in [7, 11) is -1.56. The van der Waals surface area contributed by atoms with Crippen molar-refractivity contribution in [3.8, 4) is 0 Å². The first kappa shape index (κ1) is 13.9. The maximum Gasteiger partial charge on any atom is 0.244 e. The van der Waals surface area contributed by atoms with Gasteiger partial charge in [0, 0.05) is 36.0 Å². The first-order chi connectivity index (χ1) is 8.54. The van der Waals surface area contributed by atoms with Crippen molar-refractivity contribution < 1.29 is 8.42 Å². The smallest absolute Gasteiger partial charge is 0.244 e. The number of piperidine rings is 1. The van der Waals surface area contributed by atoms with E-state index in [4.69, 9.17) is 0 Å². The van der Waals surface area contributed by atoms with E-state index in [1.54, 1.807) is 12.3 Å². The molecule has 1 N–H and O–H groups in total. The Morgan fingerprint density at radius 3 is 2.94 bits per heavy atom. The second-order valence-electron chi connectivity index (χ2n) is 4.33. The molecule has 1 saturated heterocycles. The summed E-state index contributed by atoms with van der Waals surface area (Å²) in [6, 6.07) is 1.82. The summed E-state index contributed by atoms with van der Waals surface area (Å²) in [5.74, 6) is 0. The van der Waals surface area contributed by atoms with Crippen LogP contribution in [0, 0.1) is 0 Å². The zero-order chi connectivity index (χ0) is 13.2. The van der Waals surface area contributed by atoms with E-state index in [0.717, 1.165) is 12.8 Å². The van der Waals surface area contributed by atoms with Crippen molar-refractivity contribution in [3.63, 3.8) is 0 Å². The van der Waals surface area contributed by atoms with Gasteiger partial charge in [-0.3, -0.25) is 4.98 Å². The molecule has 7 heteroatoms. The second kappa shape index (κ2) is 5.64. The molecule has 0 aliphatic carbocycles. The van der Waals surface area contributed by atoms with Crippen LogP contribution in [0.25, 0.3) is 0 Å². The van der Waals surface area contributed by atoms with Crippen LogP contribution in [-0.2, 0) is 10.0 Å². The normalized spacial score (nSPS) is 22.0. The molecule has 1 aromatic heterocycles. The molecule has 1 aliphatic rings. The van der Waals surface area contributed by atoms with Crippen LogP contribution in [0.3, 0.4) is 0 Å². The van der Waals surface area contributed by atoms with E-state index in [1.807, 2.05) is 7.05 Å². The molecule has 18 heavy (non-hydrogen) atoms. The summed E-state index contributed by atoms with van der Waals surface area (Å²) >= 11 is 3.25. The van der Waals surface area contributed by atoms with Crippen molar-refractivity contribution in [3.05, 3.63) is 22.9 Å². The summed E-state index contributed by atoms with van der Waals surface area (Å²) in [5.41, 5.74) is 0. The molecule has 1 aliphatic heterocycles. The molecule has 1 aromatic rings. The third-order valence-electron chi connectivity index (χ3n) is 3.11. The van der Waals surface area contributed by atoms with Gasteiger partial charge in [0.25, 0.3) is 0 Å². The molecule has 0 radical (unpaired) electrons. The van der Waals surface area contributed by atoms with Gasteiger partial charge in [-0.1, -0.05) is 0 Å². The largest absolute Gasteiger partial charge is 0.316 e. The quantitative estimate of drug-likeness (QED) is 0.903. The van der Waals surface area contributed by atoms with Crippen LogP contribution in [0.5, 0.6) is 0 Å². The minimum absolute atomic E-state index is 0.230. The van der Waals surface area contributed by atoms with E-state index in [0.29, 0.717) is 17.6 Å². The lowest BCUT2D eigenvalue weighted by Gasteiger charge is -2.31. The molecule has 5 nitrogen and oxygen atoms in total. The number of rotatable bonds is 3. The summed E-state index contributed by atoms with van der Waals surface area (Å²) < 4.78 is 27.1. The number of pyridine rings is 1. The van der Waals surface area contributed by atoms with E-state index >= 15 is 0 Å². The maximum absolute atomic E-state index is 12.4. The number of likely N-dealkylation sites (N-methyl/N-ethyl adjacent to an activating group) is 1. The van der Waals surface area contributed by atoms with Crippen molar-refractivity contribution in [1.29, 1.82) is 0 Å². The third kappa shape index (κ3) is 2.90. The van der Waals surface area contributed by atoms with Crippen LogP contribution < -0.4 is 5.32 Å². The Hall–Kier alpha value is -0.500. The minimum atomic E-state index is -3.43. The SMILES string of the molecule is CNC1CCCN(S(=O)(=O)c2cncc(Br)c2)C1. The highest BCUT2D eigenvalue weighted by Crippen LogP contribution is 2.22. The van der Waals surface area contributed by atoms with Gasteiger partial charge < -0.3 is 5.32 Å². The van der Waals surface area contributed by atoms with Crippen LogP contribution in [0.15, 0.2) is 27.8 Å². The van der Waals surface area contributed by atoms with E-state index in [-0.39, 0.29) is 10.9 Å². The van der Waals surface area contributed by atoms with Crippen LogP contribution in [-0.4, -0.2) is 43.9 Å². The summed E-state index contributed by atoms with van der Waals surface area (Å²) in [4.78, 5) is 4.16. The zero-order valence-electron chi connectivity index (χ0n) is 10.1. The molecule has 2 rings (SSSR count). The number of sulfonamides is 1. The monoisotopic (exact) mass is 333 g/mol. The molecule has 1 fully saturated rings. The lowest BCUT2D eigenvalue weighted by molar-refractivity contribution is 0.293. The first-order valence-electron chi connectivity index (χ1n) is 5.82. The highest BCUT2D eigenvalue weighted by molar-refractivity contribution is 9.10. The fourth-order valence-corrected chi connectivity index (χ4v) is 4.11. The van der Waals surface area contributed by atoms with Gasteiger partial charge in [0.2, 0.25) is 10.0 Å². The van der Waals surface area contributed by atoms with Crippen LogP contribution >= 0.6 is 15.9 Å². The average Bonchev–Trinajstić information content (AvgIpc) is 2.39. The Morgan fingerprint density at radius 2 is 2.28 bits per heavy atom. The maximum atomic E-state index is 12.4. The average molecular weight is 334 g/mol. The van der Waals surface area contributed by atoms with Crippen LogP contribution in [0.2, 0.25) is 0 Å². The Kier molecular flexibility index (Phi) is 4.37. The molecular weight excluding hydrogens is 318 g/mol. The van der Waals surface area contributed by atoms with Gasteiger partial charge in [-0.25, -0.2) is 8.42 Å². The van der Waals surface area contributed by atoms with Gasteiger partial charge in [-0.2, -0.15) is 4.31 Å². The van der Waals surface area contributed by atoms with Crippen LogP contribution in [0.4, 0.5) is 0 Å². The van der Waals surface area contributed by atoms with Gasteiger partial charge in [0.1, 0.15) is 4.90 Å². The fraction of sp³-hybridized carbons (Fsp3) is 0.545. The number of halogens is 1. The van der Waals surface area contributed by atoms with Gasteiger partial charge >= 0.3 is 0 Å². The fourth-order valence-electron chi connectivity index (χ4n) is 2.08. The van der Waals surface area contributed by atoms with E-state index in [1.165, 1.54) is 10.5 Å². The third-order valence-corrected chi connectivity index (χ3v) is 5.37. The molecule has 0 spiro atoms. The Labute approximate surface area is 116 Å². The second-order valence-corrected chi connectivity index (χ2v) is 7.18. The van der Waals surface area contributed by atoms with Crippen molar-refractivity contribution in [2.24, 2.45) is 0 Å². The molecular formula is C11H16BrN3O2S.